The highest BCUT2D eigenvalue weighted by Crippen LogP contribution is 2.22. The monoisotopic (exact) mass is 484 g/mol. The molecule has 1 aliphatic heterocycles. The molecule has 3 amide bonds. The lowest BCUT2D eigenvalue weighted by Gasteiger charge is -2.28. The van der Waals surface area contributed by atoms with Crippen molar-refractivity contribution >= 4 is 40.6 Å². The molecule has 33 heavy (non-hydrogen) atoms. The van der Waals surface area contributed by atoms with Crippen LogP contribution in [0, 0.1) is 0 Å². The summed E-state index contributed by atoms with van der Waals surface area (Å²) in [7, 11) is 1.59. The number of carbonyl (C=O) groups is 2. The summed E-state index contributed by atoms with van der Waals surface area (Å²) in [5.74, 6) is -0.0824. The first-order valence-electron chi connectivity index (χ1n) is 10.6. The van der Waals surface area contributed by atoms with E-state index in [1.54, 1.807) is 41.7 Å². The Morgan fingerprint density at radius 2 is 1.94 bits per heavy atom. The molecule has 1 aromatic heterocycles. The number of benzene rings is 2. The van der Waals surface area contributed by atoms with Gasteiger partial charge in [0.25, 0.3) is 5.91 Å². The summed E-state index contributed by atoms with van der Waals surface area (Å²) in [6.45, 7) is 2.32. The first-order chi connectivity index (χ1) is 16.0. The molecule has 0 unspecified atom stereocenters. The minimum absolute atomic E-state index is 0.0824. The third-order valence-electron chi connectivity index (χ3n) is 5.46. The quantitative estimate of drug-likeness (QED) is 0.528. The van der Waals surface area contributed by atoms with Gasteiger partial charge in [-0.3, -0.25) is 4.79 Å². The van der Waals surface area contributed by atoms with E-state index >= 15 is 0 Å². The van der Waals surface area contributed by atoms with E-state index in [4.69, 9.17) is 16.3 Å². The topological polar surface area (TPSA) is 74.8 Å². The molecule has 0 fully saturated rings. The zero-order chi connectivity index (χ0) is 23.2. The molecular weight excluding hydrogens is 460 g/mol. The number of hydrogen-bond acceptors (Lipinski definition) is 5. The Morgan fingerprint density at radius 3 is 2.70 bits per heavy atom. The van der Waals surface area contributed by atoms with Crippen LogP contribution in [-0.4, -0.2) is 53.5 Å². The number of methoxy groups -OCH3 is 1. The highest BCUT2D eigenvalue weighted by molar-refractivity contribution is 7.09. The number of halogens is 1. The summed E-state index contributed by atoms with van der Waals surface area (Å²) in [5.41, 5.74) is 3.53. The van der Waals surface area contributed by atoms with Crippen molar-refractivity contribution in [3.63, 3.8) is 0 Å². The van der Waals surface area contributed by atoms with Gasteiger partial charge in [-0.15, -0.1) is 11.3 Å². The van der Waals surface area contributed by atoms with Crippen LogP contribution in [0.1, 0.15) is 26.6 Å². The Hall–Kier alpha value is -2.94. The van der Waals surface area contributed by atoms with E-state index in [-0.39, 0.29) is 18.5 Å². The van der Waals surface area contributed by atoms with E-state index in [0.29, 0.717) is 47.7 Å². The molecule has 3 aromatic rings. The molecule has 2 aromatic carbocycles. The van der Waals surface area contributed by atoms with Gasteiger partial charge in [-0.2, -0.15) is 0 Å². The molecule has 2 heterocycles. The molecule has 0 saturated carbocycles. The van der Waals surface area contributed by atoms with Gasteiger partial charge in [0.05, 0.1) is 13.2 Å². The molecule has 0 radical (unpaired) electrons. The van der Waals surface area contributed by atoms with E-state index in [2.05, 4.69) is 22.4 Å². The first-order valence-corrected chi connectivity index (χ1v) is 11.9. The second-order valence-corrected chi connectivity index (χ2v) is 9.10. The van der Waals surface area contributed by atoms with Gasteiger partial charge < -0.3 is 19.9 Å². The molecule has 0 bridgehead atoms. The number of hydrogen-bond donors (Lipinski definition) is 1. The van der Waals surface area contributed by atoms with Gasteiger partial charge in [0, 0.05) is 42.8 Å². The van der Waals surface area contributed by atoms with Gasteiger partial charge in [-0.05, 0) is 41.8 Å². The SMILES string of the molecule is COCCN(Cc1nc(C(=O)N2CCc3ccccc3C2)cs1)C(=O)Nc1ccc(Cl)cc1. The zero-order valence-electron chi connectivity index (χ0n) is 18.3. The highest BCUT2D eigenvalue weighted by Gasteiger charge is 2.24. The summed E-state index contributed by atoms with van der Waals surface area (Å²) in [6, 6.07) is 14.8. The summed E-state index contributed by atoms with van der Waals surface area (Å²) in [5, 5.41) is 5.92. The molecule has 0 spiro atoms. The van der Waals surface area contributed by atoms with E-state index in [1.165, 1.54) is 22.5 Å². The van der Waals surface area contributed by atoms with Crippen molar-refractivity contribution in [3.8, 4) is 0 Å². The van der Waals surface area contributed by atoms with E-state index in [1.807, 2.05) is 17.0 Å². The number of ether oxygens (including phenoxy) is 1. The number of rotatable bonds is 7. The van der Waals surface area contributed by atoms with Gasteiger partial charge in [0.1, 0.15) is 10.7 Å². The van der Waals surface area contributed by atoms with Crippen molar-refractivity contribution in [3.05, 3.63) is 80.8 Å². The van der Waals surface area contributed by atoms with Crippen LogP contribution >= 0.6 is 22.9 Å². The van der Waals surface area contributed by atoms with E-state index < -0.39 is 0 Å². The molecular formula is C24H25ClN4O3S. The largest absolute Gasteiger partial charge is 0.383 e. The zero-order valence-corrected chi connectivity index (χ0v) is 19.9. The average Bonchev–Trinajstić information content (AvgIpc) is 3.31. The molecule has 1 aliphatic rings. The fraction of sp³-hybridized carbons (Fsp3) is 0.292. The predicted molar refractivity (Wildman–Crippen MR) is 130 cm³/mol. The highest BCUT2D eigenvalue weighted by atomic mass is 35.5. The maximum atomic E-state index is 13.0. The van der Waals surface area contributed by atoms with Gasteiger partial charge in [0.2, 0.25) is 0 Å². The summed E-state index contributed by atoms with van der Waals surface area (Å²) in [4.78, 5) is 33.9. The summed E-state index contributed by atoms with van der Waals surface area (Å²) >= 11 is 7.29. The Labute approximate surface area is 201 Å². The fourth-order valence-electron chi connectivity index (χ4n) is 3.67. The minimum Gasteiger partial charge on any atom is -0.383 e. The average molecular weight is 485 g/mol. The number of fused-ring (bicyclic) bond motifs is 1. The second kappa shape index (κ2) is 10.8. The van der Waals surface area contributed by atoms with Crippen molar-refractivity contribution in [2.24, 2.45) is 0 Å². The Morgan fingerprint density at radius 1 is 1.18 bits per heavy atom. The number of aromatic nitrogens is 1. The summed E-state index contributed by atoms with van der Waals surface area (Å²) < 4.78 is 5.16. The molecule has 0 saturated heterocycles. The van der Waals surface area contributed by atoms with Gasteiger partial charge in [-0.1, -0.05) is 35.9 Å². The van der Waals surface area contributed by atoms with Crippen LogP contribution in [0.4, 0.5) is 10.5 Å². The minimum atomic E-state index is -0.273. The van der Waals surface area contributed by atoms with Crippen LogP contribution in [0.3, 0.4) is 0 Å². The lowest BCUT2D eigenvalue weighted by atomic mass is 10.00. The lowest BCUT2D eigenvalue weighted by Crippen LogP contribution is -2.37. The molecule has 0 aliphatic carbocycles. The second-order valence-electron chi connectivity index (χ2n) is 7.72. The number of anilines is 1. The molecule has 172 valence electrons. The third kappa shape index (κ3) is 5.90. The van der Waals surface area contributed by atoms with Crippen LogP contribution < -0.4 is 5.32 Å². The number of thiazole rings is 1. The number of amides is 3. The lowest BCUT2D eigenvalue weighted by molar-refractivity contribution is 0.0729. The van der Waals surface area contributed by atoms with Crippen molar-refractivity contribution in [1.82, 2.24) is 14.8 Å². The van der Waals surface area contributed by atoms with Crippen LogP contribution in [0.5, 0.6) is 0 Å². The third-order valence-corrected chi connectivity index (χ3v) is 6.55. The van der Waals surface area contributed by atoms with Crippen molar-refractivity contribution in [2.75, 3.05) is 32.1 Å². The standard InChI is InChI=1S/C24H25ClN4O3S/c1-32-13-12-29(24(31)26-20-8-6-19(25)7-9-20)15-22-27-21(16-33-22)23(30)28-11-10-17-4-2-3-5-18(17)14-28/h2-9,16H,10-15H2,1H3,(H,26,31). The van der Waals surface area contributed by atoms with Crippen molar-refractivity contribution in [1.29, 1.82) is 0 Å². The predicted octanol–water partition coefficient (Wildman–Crippen LogP) is 4.68. The van der Waals surface area contributed by atoms with E-state index in [9.17, 15) is 9.59 Å². The van der Waals surface area contributed by atoms with Gasteiger partial charge in [0.15, 0.2) is 0 Å². The van der Waals surface area contributed by atoms with Gasteiger partial charge >= 0.3 is 6.03 Å². The molecule has 7 nitrogen and oxygen atoms in total. The maximum Gasteiger partial charge on any atom is 0.322 e. The van der Waals surface area contributed by atoms with Crippen LogP contribution in [0.25, 0.3) is 0 Å². The molecule has 0 atom stereocenters. The fourth-order valence-corrected chi connectivity index (χ4v) is 4.57. The summed E-state index contributed by atoms with van der Waals surface area (Å²) in [6.07, 6.45) is 0.842. The van der Waals surface area contributed by atoms with Crippen LogP contribution in [0.15, 0.2) is 53.9 Å². The maximum absolute atomic E-state index is 13.0. The van der Waals surface area contributed by atoms with Crippen molar-refractivity contribution in [2.45, 2.75) is 19.5 Å². The normalized spacial score (nSPS) is 12.8. The first kappa shape index (κ1) is 23.2. The number of urea groups is 1. The molecule has 1 N–H and O–H groups in total. The molecule has 4 rings (SSSR count). The van der Waals surface area contributed by atoms with E-state index in [0.717, 1.165) is 6.42 Å². The van der Waals surface area contributed by atoms with Crippen molar-refractivity contribution < 1.29 is 14.3 Å². The molecule has 9 heteroatoms. The number of carbonyl (C=O) groups excluding carboxylic acids is 2. The number of nitrogens with zero attached hydrogens (tertiary/aromatic N) is 3. The Bertz CT molecular complexity index is 1120. The Kier molecular flexibility index (Phi) is 7.59. The number of nitrogens with one attached hydrogen (secondary N) is 1. The van der Waals surface area contributed by atoms with Crippen LogP contribution in [-0.2, 0) is 24.2 Å². The Balaban J connectivity index is 1.41. The van der Waals surface area contributed by atoms with Crippen LogP contribution in [0.2, 0.25) is 5.02 Å². The van der Waals surface area contributed by atoms with Gasteiger partial charge in [-0.25, -0.2) is 9.78 Å². The smallest absolute Gasteiger partial charge is 0.322 e.